The summed E-state index contributed by atoms with van der Waals surface area (Å²) in [6.07, 6.45) is 10.6. The number of amidine groups is 4. The number of benzene rings is 8. The number of unbranched alkanes of at least 4 members (excludes halogenated alkanes) is 3. The van der Waals surface area contributed by atoms with Crippen LogP contribution in [0.25, 0.3) is 21.3 Å². The van der Waals surface area contributed by atoms with Gasteiger partial charge in [-0.1, -0.05) is 513 Å². The van der Waals surface area contributed by atoms with Gasteiger partial charge in [0.25, 0.3) is 0 Å². The first-order valence-corrected chi connectivity index (χ1v) is 54.7. The van der Waals surface area contributed by atoms with Gasteiger partial charge in [-0.2, -0.15) is 0 Å². The molecule has 10 nitrogen and oxygen atoms in total. The molecule has 0 amide bonds. The van der Waals surface area contributed by atoms with Gasteiger partial charge in [-0.15, -0.1) is 0 Å². The summed E-state index contributed by atoms with van der Waals surface area (Å²) in [4.78, 5) is 21.3. The van der Waals surface area contributed by atoms with Crippen molar-refractivity contribution in [3.8, 4) is 0 Å². The molecule has 10 rings (SSSR count). The molecule has 0 spiro atoms. The summed E-state index contributed by atoms with van der Waals surface area (Å²) in [6, 6.07) is 52.9. The average molecular weight is 3020 g/mol. The molecule has 2 aliphatic heterocycles. The Morgan fingerprint density at radius 3 is 0.399 bits per heavy atom. The molecule has 2 heterocycles. The minimum absolute atomic E-state index is 0. The Morgan fingerprint density at radius 1 is 0.209 bits per heavy atom. The van der Waals surface area contributed by atoms with Crippen LogP contribution in [0.5, 0.6) is 0 Å². The third-order valence-electron chi connectivity index (χ3n) is 25.8. The smallest absolute Gasteiger partial charge is 0.0466 e. The first kappa shape index (κ1) is 156. The van der Waals surface area contributed by atoms with Crippen molar-refractivity contribution >= 4 is 68.8 Å². The maximum absolute atomic E-state index is 5.32. The molecule has 18 heteroatoms. The summed E-state index contributed by atoms with van der Waals surface area (Å²) in [7, 11) is 0. The van der Waals surface area contributed by atoms with Gasteiger partial charge in [0.05, 0.1) is 0 Å². The number of rotatable bonds is 27. The minimum Gasteiger partial charge on any atom is -1.00 e. The molecular weight excluding hydrogens is 2810 g/mol. The van der Waals surface area contributed by atoms with Gasteiger partial charge in [-0.25, -0.2) is 0 Å². The van der Waals surface area contributed by atoms with E-state index in [1.165, 1.54) is 140 Å². The van der Waals surface area contributed by atoms with E-state index >= 15 is 0 Å². The third-order valence-corrected chi connectivity index (χ3v) is 25.8. The largest absolute Gasteiger partial charge is 1.00 e. The molecule has 2 saturated heterocycles. The molecule has 148 heavy (non-hydrogen) atoms. The minimum atomic E-state index is -0.170. The zero-order chi connectivity index (χ0) is 106. The van der Waals surface area contributed by atoms with Crippen molar-refractivity contribution in [3.05, 3.63) is 256 Å². The van der Waals surface area contributed by atoms with Gasteiger partial charge in [-0.05, 0) is 277 Å². The van der Waals surface area contributed by atoms with Gasteiger partial charge < -0.3 is 147 Å². The second-order valence-electron chi connectivity index (χ2n) is 48.3. The van der Waals surface area contributed by atoms with Crippen molar-refractivity contribution in [3.63, 3.8) is 0 Å². The Kier molecular flexibility index (Phi) is 80.9. The normalized spacial score (nSPS) is 12.9. The van der Waals surface area contributed by atoms with E-state index in [1.54, 1.807) is 0 Å². The summed E-state index contributed by atoms with van der Waals surface area (Å²) >= 11 is 0. The number of ether oxygens (including phenoxy) is 2. The fourth-order valence-electron chi connectivity index (χ4n) is 16.9. The fourth-order valence-corrected chi connectivity index (χ4v) is 16.9. The van der Waals surface area contributed by atoms with Crippen LogP contribution < -0.4 is 95.9 Å². The summed E-state index contributed by atoms with van der Waals surface area (Å²) in [5.41, 5.74) is 28.9. The Balaban J connectivity index is -0.000000572. The third kappa shape index (κ3) is 51.0. The molecule has 0 bridgehead atoms. The second-order valence-corrected chi connectivity index (χ2v) is 48.3. The first-order chi connectivity index (χ1) is 65.3. The van der Waals surface area contributed by atoms with Crippen LogP contribution in [0.3, 0.4) is 0 Å². The monoisotopic (exact) mass is 3020 g/mol. The molecule has 0 radical (unpaired) electrons. The Morgan fingerprint density at radius 2 is 0.318 bits per heavy atom. The predicted octanol–water partition coefficient (Wildman–Crippen LogP) is 32.0. The summed E-state index contributed by atoms with van der Waals surface area (Å²) < 4.78 is 9.89. The van der Waals surface area contributed by atoms with Crippen LogP contribution in [0.1, 0.15) is 554 Å². The Labute approximate surface area is 1110 Å². The SMILES string of the molecule is C1CCOC1.C1CCOC1.CC(C)c1cccc(C(C)C)c1N=C([N-]c1c(C(C)C)cccc1C(C)C)C(C)(C)C.CC(C)c1cccc(C(C)C)c1N=C([N-]c1c(C(C)C)cccc1C(C)C)C(C)(C)C.CC(C)c1cccc(C(C)C)c1N=C([N-]c1c(C(C)C)cccc1C(C)C)C(C)(C)C.CC(C)c1cccc(C(C)C)c1N=C([N-]c1c(C(C)C)cccc1C(C)C)C(C)(C)C.CCCCCC.[I-].[I-].[I-].[I-].[Sm].[Sm].[Sm].[Sm]. The molecule has 0 aliphatic carbocycles. The predicted molar refractivity (Wildman–Crippen MR) is 625 cm³/mol. The molecule has 8 aromatic rings. The quantitative estimate of drug-likeness (QED) is 0.0220. The van der Waals surface area contributed by atoms with E-state index in [4.69, 9.17) is 50.7 Å². The number of hydrogen-bond acceptors (Lipinski definition) is 6. The van der Waals surface area contributed by atoms with E-state index in [0.717, 1.165) is 95.3 Å². The summed E-state index contributed by atoms with van der Waals surface area (Å²) in [5.74, 6) is 10.2. The van der Waals surface area contributed by atoms with Gasteiger partial charge in [0.15, 0.2) is 0 Å². The van der Waals surface area contributed by atoms with Gasteiger partial charge in [0.2, 0.25) is 0 Å². The van der Waals surface area contributed by atoms with Crippen molar-refractivity contribution < 1.29 is 267 Å². The molecule has 0 saturated carbocycles. The Bertz CT molecular complexity index is 4340. The van der Waals surface area contributed by atoms with Crippen LogP contribution in [0.2, 0.25) is 0 Å². The standard InChI is InChI=1S/4C29H43N2.C6H14.2C4H8O.4HI.4Sm/c4*1-18(2)22-14-12-15-23(19(3)4)26(22)30-28(29(9,10)11)31-27-24(20(5)6)16-13-17-25(27)21(7)8;1-3-5-6-4-2;2*1-2-4-5-3-1;;;;;;;;/h4*12-21H,1-11H3;3-6H2,1-2H3;2*1-4H2;4*1H;;;;/q4*-1;;;;;;;;;;;/p-4. The van der Waals surface area contributed by atoms with Crippen molar-refractivity contribution in [1.29, 1.82) is 0 Å². The van der Waals surface area contributed by atoms with E-state index in [2.05, 4.69) is 464 Å². The topological polar surface area (TPSA) is 124 Å². The van der Waals surface area contributed by atoms with Gasteiger partial charge >= 0.3 is 0 Å². The number of hydrogen-bond donors (Lipinski definition) is 0. The van der Waals surface area contributed by atoms with Crippen molar-refractivity contribution in [1.82, 2.24) is 0 Å². The van der Waals surface area contributed by atoms with E-state index in [1.807, 2.05) is 0 Å². The van der Waals surface area contributed by atoms with E-state index in [0.29, 0.717) is 94.7 Å². The molecule has 2 aliphatic rings. The number of nitrogens with zero attached hydrogens (tertiary/aromatic N) is 8. The maximum Gasteiger partial charge on any atom is 0.0466 e. The van der Waals surface area contributed by atoms with Crippen LogP contribution in [-0.4, -0.2) is 49.8 Å². The zero-order valence-corrected chi connectivity index (χ0v) is 120. The Hall–Kier alpha value is -0.169. The number of para-hydroxylation sites is 8. The summed E-state index contributed by atoms with van der Waals surface area (Å²) in [6.45, 7) is 107. The van der Waals surface area contributed by atoms with E-state index in [9.17, 15) is 0 Å². The van der Waals surface area contributed by atoms with Crippen molar-refractivity contribution in [2.75, 3.05) is 26.4 Å². The van der Waals surface area contributed by atoms with E-state index in [-0.39, 0.29) is 279 Å². The van der Waals surface area contributed by atoms with Gasteiger partial charge in [0, 0.05) is 188 Å². The molecular formula is C130H202I4N8O2Sm4-8. The van der Waals surface area contributed by atoms with Gasteiger partial charge in [-0.3, -0.25) is 0 Å². The van der Waals surface area contributed by atoms with Crippen LogP contribution in [-0.2, 0) is 9.47 Å². The van der Waals surface area contributed by atoms with E-state index < -0.39 is 0 Å². The van der Waals surface area contributed by atoms with Crippen LogP contribution in [0.4, 0.5) is 45.5 Å². The molecule has 0 atom stereocenters. The number of aliphatic imine (C=N–C) groups is 4. The van der Waals surface area contributed by atoms with Crippen molar-refractivity contribution in [2.45, 2.75) is 465 Å². The molecule has 0 aromatic heterocycles. The molecule has 834 valence electrons. The summed E-state index contributed by atoms with van der Waals surface area (Å²) in [5, 5.41) is 21.3. The fraction of sp³-hybridized carbons (Fsp3) is 0.600. The first-order valence-electron chi connectivity index (χ1n) is 54.7. The number of halogens is 4. The molecule has 8 aromatic carbocycles. The van der Waals surface area contributed by atoms with Gasteiger partial charge in [0.1, 0.15) is 0 Å². The van der Waals surface area contributed by atoms with Crippen molar-refractivity contribution in [2.24, 2.45) is 41.6 Å². The maximum atomic E-state index is 5.32. The molecule has 2 fully saturated rings. The van der Waals surface area contributed by atoms with Crippen LogP contribution >= 0.6 is 0 Å². The second kappa shape index (κ2) is 76.7. The van der Waals surface area contributed by atoms with Crippen LogP contribution in [0, 0.1) is 183 Å². The zero-order valence-electron chi connectivity index (χ0n) is 101. The van der Waals surface area contributed by atoms with Crippen LogP contribution in [0.15, 0.2) is 166 Å². The molecule has 0 N–H and O–H groups in total. The molecule has 0 unspecified atom stereocenters. The average Bonchev–Trinajstić information content (AvgIpc) is 0.817.